The molecule has 0 atom stereocenters. The lowest BCUT2D eigenvalue weighted by Gasteiger charge is -2.32. The smallest absolute Gasteiger partial charge is 0.229 e. The van der Waals surface area contributed by atoms with E-state index in [9.17, 15) is 9.18 Å². The van der Waals surface area contributed by atoms with Gasteiger partial charge in [0.15, 0.2) is 0 Å². The van der Waals surface area contributed by atoms with Crippen LogP contribution in [-0.2, 0) is 37.1 Å². The quantitative estimate of drug-likeness (QED) is 0.349. The summed E-state index contributed by atoms with van der Waals surface area (Å²) in [4.78, 5) is 27.0. The molecule has 0 radical (unpaired) electrons. The first-order chi connectivity index (χ1) is 19.1. The highest BCUT2D eigenvalue weighted by Crippen LogP contribution is 2.33. The summed E-state index contributed by atoms with van der Waals surface area (Å²) in [5.74, 6) is 1.68. The minimum absolute atomic E-state index is 0.0132. The first kappa shape index (κ1) is 24.9. The number of fused-ring (bicyclic) bond motifs is 2. The van der Waals surface area contributed by atoms with Gasteiger partial charge in [-0.3, -0.25) is 4.79 Å². The monoisotopic (exact) mass is 524 g/mol. The summed E-state index contributed by atoms with van der Waals surface area (Å²) in [5.41, 5.74) is 5.13. The van der Waals surface area contributed by atoms with Crippen molar-refractivity contribution in [2.45, 2.75) is 32.4 Å². The number of nitrogens with zero attached hydrogens (tertiary/aromatic N) is 4. The van der Waals surface area contributed by atoms with Gasteiger partial charge in [-0.25, -0.2) is 9.37 Å². The molecule has 3 heterocycles. The molecule has 1 amide bonds. The molecule has 1 aromatic heterocycles. The summed E-state index contributed by atoms with van der Waals surface area (Å²) >= 11 is 0. The zero-order valence-corrected chi connectivity index (χ0v) is 21.8. The zero-order valence-electron chi connectivity index (χ0n) is 21.8. The van der Waals surface area contributed by atoms with E-state index in [1.807, 2.05) is 35.2 Å². The Morgan fingerprint density at radius 1 is 0.897 bits per heavy atom. The molecule has 0 saturated heterocycles. The zero-order chi connectivity index (χ0) is 26.8. The van der Waals surface area contributed by atoms with E-state index in [1.54, 1.807) is 19.2 Å². The SMILES string of the molecule is COc1ccc(CC(=O)N2CCc3nc(N4CCc5ccccc5C4)nc(Oc4cccc(F)c4)c3C2)cc1. The number of anilines is 1. The first-order valence-electron chi connectivity index (χ1n) is 13.1. The summed E-state index contributed by atoms with van der Waals surface area (Å²) in [6.07, 6.45) is 1.78. The molecule has 8 heteroatoms. The van der Waals surface area contributed by atoms with Gasteiger partial charge in [-0.1, -0.05) is 42.5 Å². The Hall–Kier alpha value is -4.46. The van der Waals surface area contributed by atoms with Gasteiger partial charge < -0.3 is 19.3 Å². The van der Waals surface area contributed by atoms with Crippen LogP contribution in [0.25, 0.3) is 0 Å². The molecule has 7 nitrogen and oxygen atoms in total. The number of hydrogen-bond donors (Lipinski definition) is 0. The maximum absolute atomic E-state index is 14.0. The second kappa shape index (κ2) is 10.7. The Labute approximate surface area is 226 Å². The number of carbonyl (C=O) groups excluding carboxylic acids is 1. The van der Waals surface area contributed by atoms with Crippen molar-refractivity contribution in [3.63, 3.8) is 0 Å². The number of halogens is 1. The molecule has 4 aromatic rings. The Balaban J connectivity index is 1.28. The Morgan fingerprint density at radius 3 is 2.51 bits per heavy atom. The summed E-state index contributed by atoms with van der Waals surface area (Å²) in [6.45, 7) is 2.39. The molecule has 6 rings (SSSR count). The first-order valence-corrected chi connectivity index (χ1v) is 13.1. The summed E-state index contributed by atoms with van der Waals surface area (Å²) in [5, 5.41) is 0. The van der Waals surface area contributed by atoms with Crippen molar-refractivity contribution >= 4 is 11.9 Å². The molecule has 0 N–H and O–H groups in total. The van der Waals surface area contributed by atoms with E-state index >= 15 is 0 Å². The fourth-order valence-corrected chi connectivity index (χ4v) is 5.15. The Kier molecular flexibility index (Phi) is 6.84. The molecular formula is C31H29FN4O3. The molecule has 3 aromatic carbocycles. The van der Waals surface area contributed by atoms with Crippen LogP contribution in [0.4, 0.5) is 10.3 Å². The highest BCUT2D eigenvalue weighted by molar-refractivity contribution is 5.79. The fourth-order valence-electron chi connectivity index (χ4n) is 5.15. The van der Waals surface area contributed by atoms with Gasteiger partial charge in [0.1, 0.15) is 17.3 Å². The second-order valence-corrected chi connectivity index (χ2v) is 9.84. The lowest BCUT2D eigenvalue weighted by atomic mass is 10.0. The topological polar surface area (TPSA) is 67.8 Å². The van der Waals surface area contributed by atoms with E-state index in [0.29, 0.717) is 43.6 Å². The molecular weight excluding hydrogens is 495 g/mol. The van der Waals surface area contributed by atoms with Crippen LogP contribution in [0.5, 0.6) is 17.4 Å². The van der Waals surface area contributed by atoms with Crippen molar-refractivity contribution in [1.82, 2.24) is 14.9 Å². The lowest BCUT2D eigenvalue weighted by Crippen LogP contribution is -2.38. The molecule has 0 fully saturated rings. The molecule has 0 unspecified atom stereocenters. The van der Waals surface area contributed by atoms with E-state index in [1.165, 1.54) is 23.3 Å². The van der Waals surface area contributed by atoms with E-state index in [2.05, 4.69) is 23.1 Å². The number of hydrogen-bond acceptors (Lipinski definition) is 6. The van der Waals surface area contributed by atoms with Gasteiger partial charge >= 0.3 is 0 Å². The van der Waals surface area contributed by atoms with Gasteiger partial charge in [-0.2, -0.15) is 4.98 Å². The number of aromatic nitrogens is 2. The molecule has 0 spiro atoms. The van der Waals surface area contributed by atoms with Crippen LogP contribution >= 0.6 is 0 Å². The van der Waals surface area contributed by atoms with Crippen LogP contribution in [0.15, 0.2) is 72.8 Å². The number of methoxy groups -OCH3 is 1. The number of carbonyl (C=O) groups is 1. The third kappa shape index (κ3) is 5.41. The largest absolute Gasteiger partial charge is 0.497 e. The predicted octanol–water partition coefficient (Wildman–Crippen LogP) is 5.11. The van der Waals surface area contributed by atoms with Gasteiger partial charge in [0, 0.05) is 32.1 Å². The number of amides is 1. The molecule has 0 saturated carbocycles. The second-order valence-electron chi connectivity index (χ2n) is 9.84. The highest BCUT2D eigenvalue weighted by atomic mass is 19.1. The van der Waals surface area contributed by atoms with Gasteiger partial charge in [0.25, 0.3) is 0 Å². The molecule has 39 heavy (non-hydrogen) atoms. The third-order valence-electron chi connectivity index (χ3n) is 7.30. The average molecular weight is 525 g/mol. The number of ether oxygens (including phenoxy) is 2. The third-order valence-corrected chi connectivity index (χ3v) is 7.30. The fraction of sp³-hybridized carbons (Fsp3) is 0.258. The van der Waals surface area contributed by atoms with Crippen LogP contribution < -0.4 is 14.4 Å². The van der Waals surface area contributed by atoms with Gasteiger partial charge in [-0.15, -0.1) is 0 Å². The Bertz CT molecular complexity index is 1510. The maximum atomic E-state index is 14.0. The van der Waals surface area contributed by atoms with Crippen LogP contribution in [-0.4, -0.2) is 41.0 Å². The van der Waals surface area contributed by atoms with E-state index < -0.39 is 0 Å². The van der Waals surface area contributed by atoms with Crippen molar-refractivity contribution in [2.24, 2.45) is 0 Å². The molecule has 2 aliphatic rings. The maximum Gasteiger partial charge on any atom is 0.229 e. The predicted molar refractivity (Wildman–Crippen MR) is 146 cm³/mol. The van der Waals surface area contributed by atoms with Crippen LogP contribution in [0.3, 0.4) is 0 Å². The molecule has 0 aliphatic carbocycles. The molecule has 198 valence electrons. The molecule has 2 aliphatic heterocycles. The Morgan fingerprint density at radius 2 is 1.72 bits per heavy atom. The van der Waals surface area contributed by atoms with Crippen LogP contribution in [0.1, 0.15) is 27.9 Å². The van der Waals surface area contributed by atoms with Crippen LogP contribution in [0, 0.1) is 5.82 Å². The normalized spacial score (nSPS) is 14.4. The van der Waals surface area contributed by atoms with Crippen molar-refractivity contribution in [2.75, 3.05) is 25.1 Å². The van der Waals surface area contributed by atoms with E-state index in [4.69, 9.17) is 19.4 Å². The standard InChI is InChI=1S/C31H29FN4O3/c1-38-25-11-9-21(10-12-25)17-29(37)35-16-14-28-27(20-35)30(39-26-8-4-7-24(32)18-26)34-31(33-28)36-15-13-22-5-2-3-6-23(22)19-36/h2-12,18H,13-17,19-20H2,1H3. The van der Waals surface area contributed by atoms with E-state index in [0.717, 1.165) is 35.5 Å². The number of benzene rings is 3. The number of rotatable bonds is 6. The van der Waals surface area contributed by atoms with Gasteiger partial charge in [0.05, 0.1) is 31.3 Å². The minimum Gasteiger partial charge on any atom is -0.497 e. The summed E-state index contributed by atoms with van der Waals surface area (Å²) in [6, 6.07) is 21.9. The van der Waals surface area contributed by atoms with Crippen molar-refractivity contribution < 1.29 is 18.7 Å². The van der Waals surface area contributed by atoms with Crippen molar-refractivity contribution in [3.05, 3.63) is 107 Å². The summed E-state index contributed by atoms with van der Waals surface area (Å²) in [7, 11) is 1.62. The lowest BCUT2D eigenvalue weighted by molar-refractivity contribution is -0.131. The van der Waals surface area contributed by atoms with Crippen molar-refractivity contribution in [3.8, 4) is 17.4 Å². The van der Waals surface area contributed by atoms with Gasteiger partial charge in [0.2, 0.25) is 17.7 Å². The molecule has 0 bridgehead atoms. The van der Waals surface area contributed by atoms with Gasteiger partial charge in [-0.05, 0) is 47.4 Å². The summed E-state index contributed by atoms with van der Waals surface area (Å²) < 4.78 is 25.3. The highest BCUT2D eigenvalue weighted by Gasteiger charge is 2.29. The van der Waals surface area contributed by atoms with Crippen molar-refractivity contribution in [1.29, 1.82) is 0 Å². The van der Waals surface area contributed by atoms with E-state index in [-0.39, 0.29) is 18.1 Å². The minimum atomic E-state index is -0.389. The average Bonchev–Trinajstić information content (AvgIpc) is 2.97. The van der Waals surface area contributed by atoms with Crippen LogP contribution in [0.2, 0.25) is 0 Å².